The Morgan fingerprint density at radius 1 is 1.35 bits per heavy atom. The Balaban J connectivity index is 2.47. The van der Waals surface area contributed by atoms with E-state index in [-0.39, 0.29) is 11.8 Å². The maximum absolute atomic E-state index is 11.8. The molecule has 1 aromatic carbocycles. The van der Waals surface area contributed by atoms with Gasteiger partial charge < -0.3 is 25.2 Å². The summed E-state index contributed by atoms with van der Waals surface area (Å²) in [6.07, 6.45) is 0.353. The summed E-state index contributed by atoms with van der Waals surface area (Å²) < 4.78 is 10.4. The Bertz CT molecular complexity index is 512. The minimum absolute atomic E-state index is 0.0439. The van der Waals surface area contributed by atoms with E-state index in [2.05, 4.69) is 10.6 Å². The molecular formula is C17H28N2O4. The highest BCUT2D eigenvalue weighted by atomic mass is 16.6. The van der Waals surface area contributed by atoms with E-state index in [0.717, 1.165) is 12.0 Å². The molecule has 0 aliphatic rings. The van der Waals surface area contributed by atoms with Gasteiger partial charge in [-0.3, -0.25) is 0 Å². The maximum Gasteiger partial charge on any atom is 0.407 e. The number of carbonyl (C=O) groups excluding carboxylic acids is 1. The predicted molar refractivity (Wildman–Crippen MR) is 89.8 cm³/mol. The first kappa shape index (κ1) is 19.1. The third kappa shape index (κ3) is 7.23. The lowest BCUT2D eigenvalue weighted by atomic mass is 10.1. The van der Waals surface area contributed by atoms with Gasteiger partial charge in [0.1, 0.15) is 17.1 Å². The number of hydrogen-bond donors (Lipinski definition) is 3. The lowest BCUT2D eigenvalue weighted by Crippen LogP contribution is -2.43. The predicted octanol–water partition coefficient (Wildman–Crippen LogP) is 2.79. The van der Waals surface area contributed by atoms with E-state index >= 15 is 0 Å². The van der Waals surface area contributed by atoms with Crippen LogP contribution in [0.1, 0.15) is 39.7 Å². The number of phenolic OH excluding ortho intramolecular Hbond substituents is 1. The van der Waals surface area contributed by atoms with Gasteiger partial charge in [0.25, 0.3) is 0 Å². The first-order valence-electron chi connectivity index (χ1n) is 7.81. The normalized spacial score (nSPS) is 12.6. The quantitative estimate of drug-likeness (QED) is 0.719. The van der Waals surface area contributed by atoms with Crippen LogP contribution < -0.4 is 15.4 Å². The Morgan fingerprint density at radius 2 is 2.04 bits per heavy atom. The van der Waals surface area contributed by atoms with Crippen molar-refractivity contribution in [1.29, 1.82) is 0 Å². The van der Waals surface area contributed by atoms with Crippen LogP contribution in [0.5, 0.6) is 11.5 Å². The average Bonchev–Trinajstić information content (AvgIpc) is 2.46. The largest absolute Gasteiger partial charge is 0.508 e. The topological polar surface area (TPSA) is 79.8 Å². The highest BCUT2D eigenvalue weighted by Gasteiger charge is 2.18. The van der Waals surface area contributed by atoms with Crippen LogP contribution in [0.15, 0.2) is 18.2 Å². The molecule has 1 rings (SSSR count). The number of phenols is 1. The van der Waals surface area contributed by atoms with Crippen molar-refractivity contribution in [3.8, 4) is 11.5 Å². The van der Waals surface area contributed by atoms with Crippen molar-refractivity contribution in [1.82, 2.24) is 10.6 Å². The molecule has 0 radical (unpaired) electrons. The fraction of sp³-hybridized carbons (Fsp3) is 0.588. The maximum atomic E-state index is 11.8. The van der Waals surface area contributed by atoms with E-state index in [1.165, 1.54) is 0 Å². The van der Waals surface area contributed by atoms with Crippen molar-refractivity contribution in [2.24, 2.45) is 0 Å². The number of benzene rings is 1. The van der Waals surface area contributed by atoms with Gasteiger partial charge in [-0.25, -0.2) is 4.79 Å². The molecule has 3 N–H and O–H groups in total. The molecule has 130 valence electrons. The Labute approximate surface area is 138 Å². The summed E-state index contributed by atoms with van der Waals surface area (Å²) in [5, 5.41) is 15.9. The van der Waals surface area contributed by atoms with Crippen LogP contribution in [-0.4, -0.2) is 36.5 Å². The number of methoxy groups -OCH3 is 1. The van der Waals surface area contributed by atoms with E-state index in [1.807, 2.05) is 27.7 Å². The third-order valence-electron chi connectivity index (χ3n) is 3.21. The molecule has 6 heteroatoms. The van der Waals surface area contributed by atoms with Gasteiger partial charge in [-0.15, -0.1) is 0 Å². The molecular weight excluding hydrogens is 296 g/mol. The third-order valence-corrected chi connectivity index (χ3v) is 3.21. The van der Waals surface area contributed by atoms with Crippen LogP contribution in [0.3, 0.4) is 0 Å². The van der Waals surface area contributed by atoms with Gasteiger partial charge in [0, 0.05) is 24.7 Å². The van der Waals surface area contributed by atoms with Gasteiger partial charge in [-0.05, 0) is 45.4 Å². The second-order valence-electron chi connectivity index (χ2n) is 6.38. The number of aromatic hydroxyl groups is 1. The lowest BCUT2D eigenvalue weighted by molar-refractivity contribution is 0.0502. The lowest BCUT2D eigenvalue weighted by Gasteiger charge is -2.23. The average molecular weight is 324 g/mol. The fourth-order valence-corrected chi connectivity index (χ4v) is 1.98. The summed E-state index contributed by atoms with van der Waals surface area (Å²) in [6.45, 7) is 8.54. The standard InChI is InChI=1S/C17H28N2O4/c1-6-13(19-16(21)23-17(2,3)4)11-18-10-12-9-14(22-5)7-8-15(12)20/h7-9,13,18,20H,6,10-11H2,1-5H3,(H,19,21). The van der Waals surface area contributed by atoms with E-state index < -0.39 is 11.7 Å². The summed E-state index contributed by atoms with van der Waals surface area (Å²) in [5.74, 6) is 0.907. The molecule has 0 aliphatic carbocycles. The Morgan fingerprint density at radius 3 is 2.61 bits per heavy atom. The molecule has 1 amide bonds. The SMILES string of the molecule is CCC(CNCc1cc(OC)ccc1O)NC(=O)OC(C)(C)C. The van der Waals surface area contributed by atoms with Crippen LogP contribution in [0, 0.1) is 0 Å². The zero-order valence-electron chi connectivity index (χ0n) is 14.6. The number of amides is 1. The molecule has 0 fully saturated rings. The zero-order chi connectivity index (χ0) is 17.5. The summed E-state index contributed by atoms with van der Waals surface area (Å²) in [4.78, 5) is 11.8. The van der Waals surface area contributed by atoms with Gasteiger partial charge in [0.05, 0.1) is 7.11 Å². The molecule has 0 saturated heterocycles. The summed E-state index contributed by atoms with van der Waals surface area (Å²) in [6, 6.07) is 5.05. The number of hydrogen-bond acceptors (Lipinski definition) is 5. The molecule has 0 bridgehead atoms. The van der Waals surface area contributed by atoms with Crippen LogP contribution in [-0.2, 0) is 11.3 Å². The van der Waals surface area contributed by atoms with Crippen LogP contribution in [0.25, 0.3) is 0 Å². The molecule has 0 heterocycles. The molecule has 6 nitrogen and oxygen atoms in total. The van der Waals surface area contributed by atoms with Gasteiger partial charge in [0.15, 0.2) is 0 Å². The van der Waals surface area contributed by atoms with Crippen LogP contribution in [0.4, 0.5) is 4.79 Å². The van der Waals surface area contributed by atoms with Gasteiger partial charge in [0.2, 0.25) is 0 Å². The molecule has 1 unspecified atom stereocenters. The number of nitrogens with one attached hydrogen (secondary N) is 2. The molecule has 0 spiro atoms. The highest BCUT2D eigenvalue weighted by molar-refractivity contribution is 5.68. The second-order valence-corrected chi connectivity index (χ2v) is 6.38. The van der Waals surface area contributed by atoms with Crippen molar-refractivity contribution in [3.63, 3.8) is 0 Å². The fourth-order valence-electron chi connectivity index (χ4n) is 1.98. The van der Waals surface area contributed by atoms with E-state index in [4.69, 9.17) is 9.47 Å². The van der Waals surface area contributed by atoms with Gasteiger partial charge >= 0.3 is 6.09 Å². The monoisotopic (exact) mass is 324 g/mol. The summed E-state index contributed by atoms with van der Waals surface area (Å²) in [5.41, 5.74) is 0.235. The molecule has 0 aromatic heterocycles. The van der Waals surface area contributed by atoms with E-state index in [0.29, 0.717) is 18.8 Å². The molecule has 0 aliphatic heterocycles. The molecule has 0 saturated carbocycles. The number of alkyl carbamates (subject to hydrolysis) is 1. The van der Waals surface area contributed by atoms with Gasteiger partial charge in [-0.2, -0.15) is 0 Å². The first-order chi connectivity index (χ1) is 10.7. The second kappa shape index (κ2) is 8.62. The molecule has 1 atom stereocenters. The zero-order valence-corrected chi connectivity index (χ0v) is 14.6. The molecule has 1 aromatic rings. The van der Waals surface area contributed by atoms with E-state index in [1.54, 1.807) is 25.3 Å². The number of ether oxygens (including phenoxy) is 2. The van der Waals surface area contributed by atoms with Gasteiger partial charge in [-0.1, -0.05) is 6.92 Å². The highest BCUT2D eigenvalue weighted by Crippen LogP contribution is 2.22. The van der Waals surface area contributed by atoms with Crippen LogP contribution >= 0.6 is 0 Å². The summed E-state index contributed by atoms with van der Waals surface area (Å²) in [7, 11) is 1.58. The molecule has 23 heavy (non-hydrogen) atoms. The van der Waals surface area contributed by atoms with Crippen molar-refractivity contribution < 1.29 is 19.4 Å². The van der Waals surface area contributed by atoms with E-state index in [9.17, 15) is 9.90 Å². The Kier molecular flexibility index (Phi) is 7.16. The number of rotatable bonds is 7. The van der Waals surface area contributed by atoms with Crippen molar-refractivity contribution >= 4 is 6.09 Å². The summed E-state index contributed by atoms with van der Waals surface area (Å²) >= 11 is 0. The Hall–Kier alpha value is -1.95. The number of carbonyl (C=O) groups is 1. The van der Waals surface area contributed by atoms with Crippen molar-refractivity contribution in [2.45, 2.75) is 52.3 Å². The first-order valence-corrected chi connectivity index (χ1v) is 7.81. The smallest absolute Gasteiger partial charge is 0.407 e. The van der Waals surface area contributed by atoms with Crippen molar-refractivity contribution in [2.75, 3.05) is 13.7 Å². The van der Waals surface area contributed by atoms with Crippen LogP contribution in [0.2, 0.25) is 0 Å². The minimum atomic E-state index is -0.512. The minimum Gasteiger partial charge on any atom is -0.508 e. The van der Waals surface area contributed by atoms with Crippen molar-refractivity contribution in [3.05, 3.63) is 23.8 Å².